The highest BCUT2D eigenvalue weighted by molar-refractivity contribution is 5.79. The summed E-state index contributed by atoms with van der Waals surface area (Å²) in [5.41, 5.74) is 2.80. The number of halogens is 1. The predicted molar refractivity (Wildman–Crippen MR) is 84.9 cm³/mol. The van der Waals surface area contributed by atoms with E-state index in [-0.39, 0.29) is 18.1 Å². The molecule has 2 aromatic rings. The fraction of sp³-hybridized carbons (Fsp3) is 0.316. The van der Waals surface area contributed by atoms with Crippen LogP contribution >= 0.6 is 0 Å². The Bertz CT molecular complexity index is 679. The van der Waals surface area contributed by atoms with Gasteiger partial charge in [0.2, 0.25) is 5.91 Å². The monoisotopic (exact) mass is 297 g/mol. The summed E-state index contributed by atoms with van der Waals surface area (Å²) in [6, 6.07) is 15.0. The van der Waals surface area contributed by atoms with E-state index in [0.717, 1.165) is 18.4 Å². The van der Waals surface area contributed by atoms with Gasteiger partial charge in [0.25, 0.3) is 0 Å². The lowest BCUT2D eigenvalue weighted by molar-refractivity contribution is -0.131. The Morgan fingerprint density at radius 3 is 2.64 bits per heavy atom. The largest absolute Gasteiger partial charge is 0.335 e. The molecule has 1 saturated carbocycles. The number of nitrogens with zero attached hydrogens (tertiary/aromatic N) is 1. The summed E-state index contributed by atoms with van der Waals surface area (Å²) in [7, 11) is 0. The second-order valence-corrected chi connectivity index (χ2v) is 6.01. The van der Waals surface area contributed by atoms with Crippen LogP contribution < -0.4 is 0 Å². The Morgan fingerprint density at radius 1 is 1.18 bits per heavy atom. The Labute approximate surface area is 130 Å². The number of hydrogen-bond donors (Lipinski definition) is 0. The smallest absolute Gasteiger partial charge is 0.227 e. The van der Waals surface area contributed by atoms with Gasteiger partial charge in [0.1, 0.15) is 5.82 Å². The topological polar surface area (TPSA) is 20.3 Å². The Morgan fingerprint density at radius 2 is 1.95 bits per heavy atom. The van der Waals surface area contributed by atoms with Gasteiger partial charge in [0.05, 0.1) is 6.42 Å². The Kier molecular flexibility index (Phi) is 4.23. The van der Waals surface area contributed by atoms with E-state index in [9.17, 15) is 9.18 Å². The molecule has 1 aliphatic carbocycles. The van der Waals surface area contributed by atoms with Gasteiger partial charge >= 0.3 is 0 Å². The molecule has 0 aromatic heterocycles. The molecule has 1 fully saturated rings. The molecule has 2 aromatic carbocycles. The zero-order chi connectivity index (χ0) is 15.5. The predicted octanol–water partition coefficient (Wildman–Crippen LogP) is 3.87. The molecule has 0 N–H and O–H groups in total. The summed E-state index contributed by atoms with van der Waals surface area (Å²) in [5, 5.41) is 0. The van der Waals surface area contributed by atoms with E-state index in [4.69, 9.17) is 0 Å². The molecule has 0 aliphatic heterocycles. The van der Waals surface area contributed by atoms with Crippen LogP contribution in [0.4, 0.5) is 4.39 Å². The molecular weight excluding hydrogens is 277 g/mol. The molecule has 22 heavy (non-hydrogen) atoms. The van der Waals surface area contributed by atoms with E-state index in [2.05, 4.69) is 6.07 Å². The van der Waals surface area contributed by atoms with Crippen molar-refractivity contribution in [2.75, 3.05) is 0 Å². The second kappa shape index (κ2) is 6.30. The highest BCUT2D eigenvalue weighted by Gasteiger charge is 2.32. The molecule has 1 aliphatic rings. The lowest BCUT2D eigenvalue weighted by atomic mass is 10.1. The molecule has 0 bridgehead atoms. The van der Waals surface area contributed by atoms with Crippen LogP contribution in [0, 0.1) is 12.7 Å². The van der Waals surface area contributed by atoms with Crippen molar-refractivity contribution in [3.05, 3.63) is 71.0 Å². The highest BCUT2D eigenvalue weighted by atomic mass is 19.1. The van der Waals surface area contributed by atoms with Crippen molar-refractivity contribution in [1.82, 2.24) is 4.90 Å². The van der Waals surface area contributed by atoms with Crippen LogP contribution in [-0.2, 0) is 17.8 Å². The minimum Gasteiger partial charge on any atom is -0.335 e. The third-order valence-electron chi connectivity index (χ3n) is 4.04. The van der Waals surface area contributed by atoms with Gasteiger partial charge in [-0.15, -0.1) is 0 Å². The summed E-state index contributed by atoms with van der Waals surface area (Å²) in [4.78, 5) is 14.5. The SMILES string of the molecule is Cc1cccc(CN(C(=O)Cc2ccccc2F)C2CC2)c1. The third-order valence-corrected chi connectivity index (χ3v) is 4.04. The highest BCUT2D eigenvalue weighted by Crippen LogP contribution is 2.29. The quantitative estimate of drug-likeness (QED) is 0.820. The summed E-state index contributed by atoms with van der Waals surface area (Å²) in [6.07, 6.45) is 2.23. The van der Waals surface area contributed by atoms with Gasteiger partial charge in [-0.1, -0.05) is 48.0 Å². The summed E-state index contributed by atoms with van der Waals surface area (Å²) in [5.74, 6) is -0.295. The molecule has 0 saturated heterocycles. The van der Waals surface area contributed by atoms with Gasteiger partial charge in [-0.25, -0.2) is 4.39 Å². The van der Waals surface area contributed by atoms with E-state index in [0.29, 0.717) is 18.2 Å². The normalized spacial score (nSPS) is 13.9. The van der Waals surface area contributed by atoms with Crippen LogP contribution in [0.3, 0.4) is 0 Å². The zero-order valence-electron chi connectivity index (χ0n) is 12.8. The van der Waals surface area contributed by atoms with Crippen molar-refractivity contribution in [3.63, 3.8) is 0 Å². The minimum absolute atomic E-state index is 0.00843. The molecule has 3 heteroatoms. The number of hydrogen-bond acceptors (Lipinski definition) is 1. The maximum Gasteiger partial charge on any atom is 0.227 e. The third kappa shape index (κ3) is 3.53. The van der Waals surface area contributed by atoms with Crippen molar-refractivity contribution in [2.24, 2.45) is 0 Å². The van der Waals surface area contributed by atoms with E-state index < -0.39 is 0 Å². The van der Waals surface area contributed by atoms with Gasteiger partial charge in [0.15, 0.2) is 0 Å². The van der Waals surface area contributed by atoms with Gasteiger partial charge in [-0.2, -0.15) is 0 Å². The van der Waals surface area contributed by atoms with Crippen LogP contribution in [0.2, 0.25) is 0 Å². The van der Waals surface area contributed by atoms with Gasteiger partial charge < -0.3 is 4.90 Å². The molecule has 0 heterocycles. The van der Waals surface area contributed by atoms with Crippen LogP contribution in [-0.4, -0.2) is 16.8 Å². The van der Waals surface area contributed by atoms with Crippen molar-refractivity contribution < 1.29 is 9.18 Å². The maximum atomic E-state index is 13.7. The van der Waals surface area contributed by atoms with E-state index in [1.165, 1.54) is 11.6 Å². The van der Waals surface area contributed by atoms with Crippen molar-refractivity contribution >= 4 is 5.91 Å². The molecule has 1 amide bonds. The van der Waals surface area contributed by atoms with Gasteiger partial charge in [0, 0.05) is 12.6 Å². The molecule has 0 radical (unpaired) electrons. The average Bonchev–Trinajstić information content (AvgIpc) is 3.32. The van der Waals surface area contributed by atoms with Crippen LogP contribution in [0.1, 0.15) is 29.5 Å². The first-order chi connectivity index (χ1) is 10.6. The standard InChI is InChI=1S/C19H20FNO/c1-14-5-4-6-15(11-14)13-21(17-9-10-17)19(22)12-16-7-2-3-8-18(16)20/h2-8,11,17H,9-10,12-13H2,1H3. The summed E-state index contributed by atoms with van der Waals surface area (Å²) >= 11 is 0. The zero-order valence-corrected chi connectivity index (χ0v) is 12.8. The van der Waals surface area contributed by atoms with Crippen LogP contribution in [0.25, 0.3) is 0 Å². The average molecular weight is 297 g/mol. The van der Waals surface area contributed by atoms with E-state index in [1.807, 2.05) is 30.0 Å². The minimum atomic E-state index is -0.304. The van der Waals surface area contributed by atoms with Crippen molar-refractivity contribution in [2.45, 2.75) is 38.8 Å². The maximum absolute atomic E-state index is 13.7. The van der Waals surface area contributed by atoms with Crippen LogP contribution in [0.15, 0.2) is 48.5 Å². The Balaban J connectivity index is 1.74. The number of carbonyl (C=O) groups is 1. The lowest BCUT2D eigenvalue weighted by Crippen LogP contribution is -2.34. The second-order valence-electron chi connectivity index (χ2n) is 6.01. The molecule has 114 valence electrons. The Hall–Kier alpha value is -2.16. The molecule has 0 unspecified atom stereocenters. The summed E-state index contributed by atoms with van der Waals surface area (Å²) in [6.45, 7) is 2.66. The number of amides is 1. The van der Waals surface area contributed by atoms with Gasteiger partial charge in [-0.05, 0) is 37.0 Å². The molecule has 0 spiro atoms. The van der Waals surface area contributed by atoms with Gasteiger partial charge in [-0.3, -0.25) is 4.79 Å². The number of benzene rings is 2. The number of rotatable bonds is 5. The number of carbonyl (C=O) groups excluding carboxylic acids is 1. The van der Waals surface area contributed by atoms with E-state index in [1.54, 1.807) is 18.2 Å². The molecule has 3 rings (SSSR count). The first-order valence-electron chi connectivity index (χ1n) is 7.72. The first kappa shape index (κ1) is 14.8. The summed E-state index contributed by atoms with van der Waals surface area (Å²) < 4.78 is 13.7. The van der Waals surface area contributed by atoms with Crippen molar-refractivity contribution in [3.8, 4) is 0 Å². The van der Waals surface area contributed by atoms with Crippen LogP contribution in [0.5, 0.6) is 0 Å². The van der Waals surface area contributed by atoms with E-state index >= 15 is 0 Å². The van der Waals surface area contributed by atoms with Crippen molar-refractivity contribution in [1.29, 1.82) is 0 Å². The molecule has 0 atom stereocenters. The fourth-order valence-corrected chi connectivity index (χ4v) is 2.72. The lowest BCUT2D eigenvalue weighted by Gasteiger charge is -2.23. The molecule has 2 nitrogen and oxygen atoms in total. The number of aryl methyl sites for hydroxylation is 1. The fourth-order valence-electron chi connectivity index (χ4n) is 2.72. The molecular formula is C19H20FNO. The first-order valence-corrected chi connectivity index (χ1v) is 7.72.